The van der Waals surface area contributed by atoms with Gasteiger partial charge in [0, 0.05) is 31.0 Å². The van der Waals surface area contributed by atoms with Crippen molar-refractivity contribution in [2.24, 2.45) is 11.1 Å². The second kappa shape index (κ2) is 7.75. The lowest BCUT2D eigenvalue weighted by Crippen LogP contribution is -2.61. The number of primary amides is 1. The van der Waals surface area contributed by atoms with Crippen LogP contribution < -0.4 is 11.1 Å². The standard InChI is InChI=1S/C15H29N3O3/c1-5-6-9-21-12-10-11(15(12,2)3)18(4)8-7-13(19)17-14(16)20/h11-12H,5-10H2,1-4H3,(H3,16,17,19,20)/t11-,12+/m1/s1. The predicted octanol–water partition coefficient (Wildman–Crippen LogP) is 1.49. The van der Waals surface area contributed by atoms with E-state index in [0.29, 0.717) is 12.6 Å². The van der Waals surface area contributed by atoms with Gasteiger partial charge in [-0.15, -0.1) is 0 Å². The van der Waals surface area contributed by atoms with E-state index in [1.54, 1.807) is 0 Å². The molecule has 3 amide bonds. The van der Waals surface area contributed by atoms with Crippen LogP contribution in [0.1, 0.15) is 46.5 Å². The van der Waals surface area contributed by atoms with Gasteiger partial charge in [-0.1, -0.05) is 27.2 Å². The van der Waals surface area contributed by atoms with Crippen molar-refractivity contribution in [1.29, 1.82) is 0 Å². The Labute approximate surface area is 127 Å². The fraction of sp³-hybridized carbons (Fsp3) is 0.867. The van der Waals surface area contributed by atoms with E-state index >= 15 is 0 Å². The molecule has 1 rings (SSSR count). The fourth-order valence-electron chi connectivity index (χ4n) is 2.90. The summed E-state index contributed by atoms with van der Waals surface area (Å²) < 4.78 is 5.93. The third-order valence-corrected chi connectivity index (χ3v) is 4.43. The number of ether oxygens (including phenoxy) is 1. The molecule has 1 saturated carbocycles. The number of carbonyl (C=O) groups is 2. The number of carbonyl (C=O) groups excluding carboxylic acids is 2. The number of amides is 3. The first-order chi connectivity index (χ1) is 9.78. The van der Waals surface area contributed by atoms with E-state index in [9.17, 15) is 9.59 Å². The van der Waals surface area contributed by atoms with Gasteiger partial charge in [-0.2, -0.15) is 0 Å². The molecule has 0 aromatic rings. The normalized spacial score (nSPS) is 23.7. The molecule has 0 saturated heterocycles. The molecule has 1 aliphatic rings. The third kappa shape index (κ3) is 4.97. The van der Waals surface area contributed by atoms with Crippen molar-refractivity contribution in [2.75, 3.05) is 20.2 Å². The van der Waals surface area contributed by atoms with E-state index in [4.69, 9.17) is 10.5 Å². The van der Waals surface area contributed by atoms with Crippen LogP contribution in [0.4, 0.5) is 4.79 Å². The number of rotatable bonds is 8. The third-order valence-electron chi connectivity index (χ3n) is 4.43. The first kappa shape index (κ1) is 17.9. The summed E-state index contributed by atoms with van der Waals surface area (Å²) in [6.07, 6.45) is 3.79. The van der Waals surface area contributed by atoms with E-state index < -0.39 is 6.03 Å². The van der Waals surface area contributed by atoms with Crippen molar-refractivity contribution in [3.63, 3.8) is 0 Å². The SMILES string of the molecule is CCCCO[C@H]1C[C@@H](N(C)CCC(=O)NC(N)=O)C1(C)C. The van der Waals surface area contributed by atoms with Gasteiger partial charge in [-0.3, -0.25) is 10.1 Å². The smallest absolute Gasteiger partial charge is 0.318 e. The number of unbranched alkanes of at least 4 members (excludes halogenated alkanes) is 1. The first-order valence-electron chi connectivity index (χ1n) is 7.70. The molecule has 21 heavy (non-hydrogen) atoms. The van der Waals surface area contributed by atoms with E-state index in [-0.39, 0.29) is 23.8 Å². The first-order valence-corrected chi connectivity index (χ1v) is 7.70. The molecular weight excluding hydrogens is 270 g/mol. The highest BCUT2D eigenvalue weighted by Crippen LogP contribution is 2.45. The largest absolute Gasteiger partial charge is 0.378 e. The quantitative estimate of drug-likeness (QED) is 0.665. The number of hydrogen-bond donors (Lipinski definition) is 2. The Bertz CT molecular complexity index is 371. The molecule has 0 radical (unpaired) electrons. The Morgan fingerprint density at radius 3 is 2.62 bits per heavy atom. The lowest BCUT2D eigenvalue weighted by atomic mass is 9.64. The maximum Gasteiger partial charge on any atom is 0.318 e. The van der Waals surface area contributed by atoms with E-state index in [2.05, 4.69) is 31.0 Å². The zero-order valence-electron chi connectivity index (χ0n) is 13.6. The number of nitrogens with zero attached hydrogens (tertiary/aromatic N) is 1. The molecule has 6 nitrogen and oxygen atoms in total. The summed E-state index contributed by atoms with van der Waals surface area (Å²) in [4.78, 5) is 24.2. The molecule has 0 aliphatic heterocycles. The monoisotopic (exact) mass is 299 g/mol. The number of imide groups is 1. The van der Waals surface area contributed by atoms with Gasteiger partial charge in [-0.25, -0.2) is 4.79 Å². The van der Waals surface area contributed by atoms with Crippen LogP contribution in [0.25, 0.3) is 0 Å². The van der Waals surface area contributed by atoms with Gasteiger partial charge in [0.25, 0.3) is 0 Å². The molecule has 0 heterocycles. The Hall–Kier alpha value is -1.14. The zero-order chi connectivity index (χ0) is 16.0. The van der Waals surface area contributed by atoms with Gasteiger partial charge in [0.05, 0.1) is 6.10 Å². The molecule has 0 aromatic carbocycles. The van der Waals surface area contributed by atoms with Gasteiger partial charge in [0.15, 0.2) is 0 Å². The van der Waals surface area contributed by atoms with E-state index in [1.807, 2.05) is 7.05 Å². The molecule has 1 fully saturated rings. The summed E-state index contributed by atoms with van der Waals surface area (Å²) in [6.45, 7) is 8.00. The minimum Gasteiger partial charge on any atom is -0.378 e. The average molecular weight is 299 g/mol. The van der Waals surface area contributed by atoms with Crippen LogP contribution in [0, 0.1) is 5.41 Å². The summed E-state index contributed by atoms with van der Waals surface area (Å²) >= 11 is 0. The second-order valence-electron chi connectivity index (χ2n) is 6.43. The summed E-state index contributed by atoms with van der Waals surface area (Å²) in [6, 6.07) is -0.401. The summed E-state index contributed by atoms with van der Waals surface area (Å²) in [5, 5.41) is 2.09. The molecular formula is C15H29N3O3. The highest BCUT2D eigenvalue weighted by Gasteiger charge is 2.50. The van der Waals surface area contributed by atoms with Crippen molar-refractivity contribution < 1.29 is 14.3 Å². The molecule has 0 unspecified atom stereocenters. The van der Waals surface area contributed by atoms with Crippen LogP contribution in [0.15, 0.2) is 0 Å². The summed E-state index contributed by atoms with van der Waals surface area (Å²) in [7, 11) is 2.01. The van der Waals surface area contributed by atoms with Crippen LogP contribution in [0.5, 0.6) is 0 Å². The van der Waals surface area contributed by atoms with Crippen molar-refractivity contribution >= 4 is 11.9 Å². The number of hydrogen-bond acceptors (Lipinski definition) is 4. The highest BCUT2D eigenvalue weighted by molar-refractivity contribution is 5.93. The van der Waals surface area contributed by atoms with Crippen LogP contribution >= 0.6 is 0 Å². The summed E-state index contributed by atoms with van der Waals surface area (Å²) in [5.41, 5.74) is 5.00. The number of nitrogens with two attached hydrogens (primary N) is 1. The van der Waals surface area contributed by atoms with Gasteiger partial charge < -0.3 is 15.4 Å². The van der Waals surface area contributed by atoms with E-state index in [1.165, 1.54) is 0 Å². The van der Waals surface area contributed by atoms with Crippen LogP contribution in [0.3, 0.4) is 0 Å². The van der Waals surface area contributed by atoms with Gasteiger partial charge in [0.1, 0.15) is 0 Å². The second-order valence-corrected chi connectivity index (χ2v) is 6.43. The molecule has 6 heteroatoms. The Morgan fingerprint density at radius 1 is 1.43 bits per heavy atom. The van der Waals surface area contributed by atoms with Crippen molar-refractivity contribution in [1.82, 2.24) is 10.2 Å². The highest BCUT2D eigenvalue weighted by atomic mass is 16.5. The number of nitrogens with one attached hydrogen (secondary N) is 1. The maximum absolute atomic E-state index is 11.4. The molecule has 0 spiro atoms. The molecule has 122 valence electrons. The van der Waals surface area contributed by atoms with Crippen LogP contribution in [-0.2, 0) is 9.53 Å². The lowest BCUT2D eigenvalue weighted by molar-refractivity contribution is -0.149. The van der Waals surface area contributed by atoms with Gasteiger partial charge in [0.2, 0.25) is 5.91 Å². The average Bonchev–Trinajstić information content (AvgIpc) is 2.38. The predicted molar refractivity (Wildman–Crippen MR) is 81.8 cm³/mol. The van der Waals surface area contributed by atoms with Gasteiger partial charge in [-0.05, 0) is 19.9 Å². The molecule has 1 aliphatic carbocycles. The van der Waals surface area contributed by atoms with Gasteiger partial charge >= 0.3 is 6.03 Å². The van der Waals surface area contributed by atoms with Crippen molar-refractivity contribution in [3.05, 3.63) is 0 Å². The maximum atomic E-state index is 11.4. The minimum atomic E-state index is -0.795. The van der Waals surface area contributed by atoms with E-state index in [0.717, 1.165) is 25.9 Å². The Kier molecular flexibility index (Phi) is 6.61. The molecule has 3 N–H and O–H groups in total. The van der Waals surface area contributed by atoms with Crippen molar-refractivity contribution in [3.8, 4) is 0 Å². The molecule has 2 atom stereocenters. The minimum absolute atomic E-state index is 0.0860. The van der Waals surface area contributed by atoms with Crippen molar-refractivity contribution in [2.45, 2.75) is 58.6 Å². The number of urea groups is 1. The van der Waals surface area contributed by atoms with Crippen LogP contribution in [-0.4, -0.2) is 49.2 Å². The Balaban J connectivity index is 2.34. The molecule has 0 bridgehead atoms. The fourth-order valence-corrected chi connectivity index (χ4v) is 2.90. The lowest BCUT2D eigenvalue weighted by Gasteiger charge is -2.55. The Morgan fingerprint density at radius 2 is 2.10 bits per heavy atom. The molecule has 0 aromatic heterocycles. The zero-order valence-corrected chi connectivity index (χ0v) is 13.6. The summed E-state index contributed by atoms with van der Waals surface area (Å²) in [5.74, 6) is -0.331. The topological polar surface area (TPSA) is 84.7 Å². The van der Waals surface area contributed by atoms with Crippen LogP contribution in [0.2, 0.25) is 0 Å².